The Morgan fingerprint density at radius 2 is 1.86 bits per heavy atom. The molecule has 2 aromatic rings. The molecule has 1 saturated heterocycles. The van der Waals surface area contributed by atoms with Gasteiger partial charge in [0.15, 0.2) is 0 Å². The van der Waals surface area contributed by atoms with Crippen LogP contribution in [0.2, 0.25) is 0 Å². The van der Waals surface area contributed by atoms with E-state index < -0.39 is 10.0 Å². The number of nitrogens with zero attached hydrogens (tertiary/aromatic N) is 1. The second kappa shape index (κ2) is 9.71. The van der Waals surface area contributed by atoms with Crippen molar-refractivity contribution in [1.29, 1.82) is 0 Å². The highest BCUT2D eigenvalue weighted by Gasteiger charge is 2.29. The van der Waals surface area contributed by atoms with Gasteiger partial charge < -0.3 is 10.1 Å². The summed E-state index contributed by atoms with van der Waals surface area (Å²) < 4.78 is 31.7. The van der Waals surface area contributed by atoms with Crippen LogP contribution in [0.4, 0.5) is 0 Å². The zero-order valence-corrected chi connectivity index (χ0v) is 17.3. The van der Waals surface area contributed by atoms with Gasteiger partial charge in [-0.15, -0.1) is 0 Å². The molecule has 154 valence electrons. The summed E-state index contributed by atoms with van der Waals surface area (Å²) in [5.74, 6) is 0.536. The van der Waals surface area contributed by atoms with Gasteiger partial charge in [-0.2, -0.15) is 4.31 Å². The monoisotopic (exact) mass is 414 g/mol. The third kappa shape index (κ3) is 5.92. The van der Waals surface area contributed by atoms with Gasteiger partial charge in [0.1, 0.15) is 5.75 Å². The fourth-order valence-corrected chi connectivity index (χ4v) is 4.52. The van der Waals surface area contributed by atoms with Crippen LogP contribution in [0.25, 0.3) is 6.08 Å². The predicted molar refractivity (Wildman–Crippen MR) is 114 cm³/mol. The topological polar surface area (TPSA) is 75.7 Å². The third-order valence-electron chi connectivity index (χ3n) is 5.02. The zero-order chi connectivity index (χ0) is 20.7. The molecule has 0 unspecified atom stereocenters. The number of carbonyl (C=O) groups is 1. The molecule has 1 aliphatic rings. The van der Waals surface area contributed by atoms with Crippen LogP contribution < -0.4 is 10.1 Å². The molecule has 0 aliphatic carbocycles. The second-order valence-electron chi connectivity index (χ2n) is 7.00. The number of carbonyl (C=O) groups excluding carboxylic acids is 1. The Labute approximate surface area is 172 Å². The highest BCUT2D eigenvalue weighted by Crippen LogP contribution is 2.21. The van der Waals surface area contributed by atoms with E-state index in [2.05, 4.69) is 5.32 Å². The van der Waals surface area contributed by atoms with E-state index >= 15 is 0 Å². The fourth-order valence-electron chi connectivity index (χ4n) is 3.30. The molecular formula is C22H26N2O4S. The number of nitrogens with one attached hydrogen (secondary N) is 1. The summed E-state index contributed by atoms with van der Waals surface area (Å²) in [6.45, 7) is 1.12. The number of rotatable bonds is 7. The highest BCUT2D eigenvalue weighted by molar-refractivity contribution is 7.92. The van der Waals surface area contributed by atoms with Gasteiger partial charge >= 0.3 is 0 Å². The first-order chi connectivity index (χ1) is 14.0. The standard InChI is InChI=1S/C22H26N2O4S/c1-28-21-9-5-8-19(16-21)17-23-22(25)20-10-13-24(14-11-20)29(26,27)15-12-18-6-3-2-4-7-18/h2-9,12,15-16,20H,10-11,13-14,17H2,1H3,(H,23,25)/b15-12+. The summed E-state index contributed by atoms with van der Waals surface area (Å²) in [4.78, 5) is 12.5. The first-order valence-electron chi connectivity index (χ1n) is 9.62. The fraction of sp³-hybridized carbons (Fsp3) is 0.318. The lowest BCUT2D eigenvalue weighted by Crippen LogP contribution is -2.42. The van der Waals surface area contributed by atoms with Crippen molar-refractivity contribution in [3.63, 3.8) is 0 Å². The van der Waals surface area contributed by atoms with Crippen molar-refractivity contribution in [2.24, 2.45) is 5.92 Å². The number of amides is 1. The number of ether oxygens (including phenoxy) is 1. The largest absolute Gasteiger partial charge is 0.497 e. The molecule has 1 aliphatic heterocycles. The molecular weight excluding hydrogens is 388 g/mol. The SMILES string of the molecule is COc1cccc(CNC(=O)C2CCN(S(=O)(=O)/C=C/c3ccccc3)CC2)c1. The summed E-state index contributed by atoms with van der Waals surface area (Å²) in [5, 5.41) is 4.19. The van der Waals surface area contributed by atoms with Gasteiger partial charge in [-0.1, -0.05) is 42.5 Å². The Balaban J connectivity index is 1.50. The maximum atomic E-state index is 12.5. The highest BCUT2D eigenvalue weighted by atomic mass is 32.2. The van der Waals surface area contributed by atoms with Gasteiger partial charge in [0.05, 0.1) is 7.11 Å². The van der Waals surface area contributed by atoms with E-state index in [-0.39, 0.29) is 11.8 Å². The minimum atomic E-state index is -3.49. The van der Waals surface area contributed by atoms with E-state index in [4.69, 9.17) is 4.74 Å². The molecule has 1 fully saturated rings. The van der Waals surface area contributed by atoms with E-state index in [1.165, 1.54) is 9.71 Å². The lowest BCUT2D eigenvalue weighted by molar-refractivity contribution is -0.126. The van der Waals surface area contributed by atoms with Crippen LogP contribution in [0, 0.1) is 5.92 Å². The van der Waals surface area contributed by atoms with E-state index in [0.717, 1.165) is 16.9 Å². The Bertz CT molecular complexity index is 950. The van der Waals surface area contributed by atoms with Crippen LogP contribution >= 0.6 is 0 Å². The molecule has 1 heterocycles. The maximum Gasteiger partial charge on any atom is 0.236 e. The minimum Gasteiger partial charge on any atom is -0.497 e. The molecule has 29 heavy (non-hydrogen) atoms. The molecule has 7 heteroatoms. The van der Waals surface area contributed by atoms with Gasteiger partial charge in [0.2, 0.25) is 15.9 Å². The van der Waals surface area contributed by atoms with Crippen molar-refractivity contribution in [2.45, 2.75) is 19.4 Å². The molecule has 0 aromatic heterocycles. The number of methoxy groups -OCH3 is 1. The Morgan fingerprint density at radius 3 is 2.55 bits per heavy atom. The number of hydrogen-bond donors (Lipinski definition) is 1. The van der Waals surface area contributed by atoms with Gasteiger partial charge in [0, 0.05) is 31.0 Å². The molecule has 0 spiro atoms. The summed E-state index contributed by atoms with van der Waals surface area (Å²) in [6, 6.07) is 16.9. The smallest absolute Gasteiger partial charge is 0.236 e. The molecule has 0 saturated carbocycles. The number of hydrogen-bond acceptors (Lipinski definition) is 4. The average molecular weight is 415 g/mol. The molecule has 6 nitrogen and oxygen atoms in total. The van der Waals surface area contributed by atoms with Crippen LogP contribution in [-0.4, -0.2) is 38.8 Å². The number of benzene rings is 2. The third-order valence-corrected chi connectivity index (χ3v) is 6.58. The summed E-state index contributed by atoms with van der Waals surface area (Å²) in [7, 11) is -1.88. The lowest BCUT2D eigenvalue weighted by Gasteiger charge is -2.29. The van der Waals surface area contributed by atoms with Gasteiger partial charge in [-0.3, -0.25) is 4.79 Å². The van der Waals surface area contributed by atoms with E-state index in [9.17, 15) is 13.2 Å². The number of piperidine rings is 1. The first kappa shape index (κ1) is 21.1. The Kier molecular flexibility index (Phi) is 7.06. The molecule has 1 N–H and O–H groups in total. The number of sulfonamides is 1. The molecule has 1 amide bonds. The van der Waals surface area contributed by atoms with Crippen molar-refractivity contribution >= 4 is 22.0 Å². The van der Waals surface area contributed by atoms with Gasteiger partial charge in [0.25, 0.3) is 0 Å². The summed E-state index contributed by atoms with van der Waals surface area (Å²) in [5.41, 5.74) is 1.80. The molecule has 0 atom stereocenters. The first-order valence-corrected chi connectivity index (χ1v) is 11.1. The molecule has 3 rings (SSSR count). The normalized spacial score (nSPS) is 16.0. The van der Waals surface area contributed by atoms with Crippen LogP contribution in [0.15, 0.2) is 60.0 Å². The van der Waals surface area contributed by atoms with Crippen molar-refractivity contribution in [2.75, 3.05) is 20.2 Å². The average Bonchev–Trinajstić information content (AvgIpc) is 2.77. The predicted octanol–water partition coefficient (Wildman–Crippen LogP) is 3.02. The second-order valence-corrected chi connectivity index (χ2v) is 8.82. The van der Waals surface area contributed by atoms with Crippen LogP contribution in [0.5, 0.6) is 5.75 Å². The quantitative estimate of drug-likeness (QED) is 0.756. The van der Waals surface area contributed by atoms with E-state index in [1.54, 1.807) is 13.2 Å². The molecule has 0 bridgehead atoms. The van der Waals surface area contributed by atoms with Gasteiger partial charge in [-0.25, -0.2) is 8.42 Å². The Morgan fingerprint density at radius 1 is 1.14 bits per heavy atom. The van der Waals surface area contributed by atoms with Crippen LogP contribution in [-0.2, 0) is 21.4 Å². The van der Waals surface area contributed by atoms with Crippen LogP contribution in [0.1, 0.15) is 24.0 Å². The van der Waals surface area contributed by atoms with E-state index in [0.29, 0.717) is 32.5 Å². The summed E-state index contributed by atoms with van der Waals surface area (Å²) >= 11 is 0. The summed E-state index contributed by atoms with van der Waals surface area (Å²) in [6.07, 6.45) is 2.63. The molecule has 0 radical (unpaired) electrons. The van der Waals surface area contributed by atoms with Crippen molar-refractivity contribution in [1.82, 2.24) is 9.62 Å². The van der Waals surface area contributed by atoms with Crippen molar-refractivity contribution in [3.05, 3.63) is 71.1 Å². The Hall–Kier alpha value is -2.64. The van der Waals surface area contributed by atoms with Crippen LogP contribution in [0.3, 0.4) is 0 Å². The van der Waals surface area contributed by atoms with Crippen molar-refractivity contribution < 1.29 is 17.9 Å². The molecule has 2 aromatic carbocycles. The van der Waals surface area contributed by atoms with Gasteiger partial charge in [-0.05, 0) is 42.2 Å². The van der Waals surface area contributed by atoms with E-state index in [1.807, 2.05) is 54.6 Å². The minimum absolute atomic E-state index is 0.0373. The zero-order valence-electron chi connectivity index (χ0n) is 16.5. The van der Waals surface area contributed by atoms with Crippen molar-refractivity contribution in [3.8, 4) is 5.75 Å². The maximum absolute atomic E-state index is 12.5. The lowest BCUT2D eigenvalue weighted by atomic mass is 9.97.